The summed E-state index contributed by atoms with van der Waals surface area (Å²) in [5.41, 5.74) is 0.804. The number of benzene rings is 1. The van der Waals surface area contributed by atoms with Crippen LogP contribution in [0.5, 0.6) is 0 Å². The van der Waals surface area contributed by atoms with E-state index in [2.05, 4.69) is 21.9 Å². The highest BCUT2D eigenvalue weighted by molar-refractivity contribution is 5.86. The van der Waals surface area contributed by atoms with Crippen molar-refractivity contribution in [3.05, 3.63) is 66.6 Å². The van der Waals surface area contributed by atoms with Crippen molar-refractivity contribution in [2.45, 2.75) is 12.7 Å². The number of halogens is 3. The maximum absolute atomic E-state index is 12.7. The van der Waals surface area contributed by atoms with E-state index in [9.17, 15) is 18.0 Å². The van der Waals surface area contributed by atoms with Gasteiger partial charge in [-0.1, -0.05) is 18.7 Å². The van der Waals surface area contributed by atoms with Gasteiger partial charge < -0.3 is 5.32 Å². The Balaban J connectivity index is 2.01. The molecule has 5 nitrogen and oxygen atoms in total. The molecular weight excluding hydrogens is 333 g/mol. The Hall–Kier alpha value is -3.16. The summed E-state index contributed by atoms with van der Waals surface area (Å²) in [6.07, 6.45) is 0.0326. The van der Waals surface area contributed by atoms with E-state index in [1.165, 1.54) is 12.1 Å². The number of carbonyl (C=O) groups is 1. The smallest absolute Gasteiger partial charge is 0.347 e. The molecule has 0 aliphatic heterocycles. The number of imidazole rings is 1. The number of aromatic nitrogens is 3. The summed E-state index contributed by atoms with van der Waals surface area (Å²) >= 11 is 0. The van der Waals surface area contributed by atoms with Gasteiger partial charge in [0.05, 0.1) is 12.1 Å². The van der Waals surface area contributed by atoms with Crippen LogP contribution in [0.15, 0.2) is 55.4 Å². The summed E-state index contributed by atoms with van der Waals surface area (Å²) in [4.78, 5) is 20.0. The van der Waals surface area contributed by atoms with Gasteiger partial charge in [-0.2, -0.15) is 13.2 Å². The minimum atomic E-state index is -4.39. The van der Waals surface area contributed by atoms with Crippen LogP contribution >= 0.6 is 0 Å². The summed E-state index contributed by atoms with van der Waals surface area (Å²) in [6.45, 7) is 3.50. The lowest BCUT2D eigenvalue weighted by atomic mass is 10.1. The second-order valence-electron chi connectivity index (χ2n) is 5.19. The zero-order chi connectivity index (χ0) is 18.0. The van der Waals surface area contributed by atoms with Crippen molar-refractivity contribution >= 4 is 11.6 Å². The van der Waals surface area contributed by atoms with Gasteiger partial charge in [0.1, 0.15) is 11.5 Å². The van der Waals surface area contributed by atoms with Crippen LogP contribution < -0.4 is 5.32 Å². The van der Waals surface area contributed by atoms with E-state index in [-0.39, 0.29) is 12.5 Å². The molecule has 0 unspecified atom stereocenters. The highest BCUT2D eigenvalue weighted by Crippen LogP contribution is 2.31. The average Bonchev–Trinajstić information content (AvgIpc) is 2.98. The molecule has 0 spiro atoms. The van der Waals surface area contributed by atoms with Gasteiger partial charge in [-0.25, -0.2) is 9.97 Å². The number of nitrogens with zero attached hydrogens (tertiary/aromatic N) is 3. The quantitative estimate of drug-likeness (QED) is 0.738. The molecule has 0 aliphatic rings. The Labute approximate surface area is 140 Å². The molecule has 0 saturated carbocycles. The molecule has 0 saturated heterocycles. The van der Waals surface area contributed by atoms with Gasteiger partial charge in [0, 0.05) is 18.0 Å². The number of fused-ring (bicyclic) bond motifs is 1. The Morgan fingerprint density at radius 1 is 1.28 bits per heavy atom. The predicted molar refractivity (Wildman–Crippen MR) is 85.5 cm³/mol. The van der Waals surface area contributed by atoms with Crippen molar-refractivity contribution in [2.24, 2.45) is 0 Å². The van der Waals surface area contributed by atoms with Crippen molar-refractivity contribution in [2.75, 3.05) is 0 Å². The molecule has 0 radical (unpaired) electrons. The number of alkyl halides is 3. The fourth-order valence-electron chi connectivity index (χ4n) is 2.36. The van der Waals surface area contributed by atoms with Gasteiger partial charge >= 0.3 is 6.18 Å². The lowest BCUT2D eigenvalue weighted by Crippen LogP contribution is -2.20. The van der Waals surface area contributed by atoms with Crippen LogP contribution in [0.2, 0.25) is 0 Å². The maximum atomic E-state index is 12.7. The molecule has 2 heterocycles. The van der Waals surface area contributed by atoms with E-state index in [1.807, 2.05) is 0 Å². The summed E-state index contributed by atoms with van der Waals surface area (Å²) in [5, 5.41) is 2.61. The van der Waals surface area contributed by atoms with Crippen molar-refractivity contribution in [1.82, 2.24) is 19.7 Å². The normalized spacial score (nSPS) is 11.5. The third kappa shape index (κ3) is 3.37. The number of amides is 1. The summed E-state index contributed by atoms with van der Waals surface area (Å²) in [7, 11) is 0. The monoisotopic (exact) mass is 346 g/mol. The first-order valence-corrected chi connectivity index (χ1v) is 7.30. The number of rotatable bonds is 4. The Kier molecular flexibility index (Phi) is 4.26. The van der Waals surface area contributed by atoms with E-state index in [0.717, 1.165) is 18.2 Å². The second kappa shape index (κ2) is 6.39. The lowest BCUT2D eigenvalue weighted by molar-refractivity contribution is -0.137. The molecule has 128 valence electrons. The van der Waals surface area contributed by atoms with Crippen LogP contribution in [0.25, 0.3) is 17.0 Å². The highest BCUT2D eigenvalue weighted by atomic mass is 19.4. The summed E-state index contributed by atoms with van der Waals surface area (Å²) < 4.78 is 39.8. The molecule has 0 fully saturated rings. The predicted octanol–water partition coefficient (Wildman–Crippen LogP) is 3.22. The molecule has 1 amide bonds. The Morgan fingerprint density at radius 2 is 2.00 bits per heavy atom. The van der Waals surface area contributed by atoms with E-state index >= 15 is 0 Å². The van der Waals surface area contributed by atoms with Crippen molar-refractivity contribution in [1.29, 1.82) is 0 Å². The van der Waals surface area contributed by atoms with Gasteiger partial charge in [-0.15, -0.1) is 0 Å². The number of carbonyl (C=O) groups excluding carboxylic acids is 1. The molecule has 1 N–H and O–H groups in total. The average molecular weight is 346 g/mol. The first kappa shape index (κ1) is 16.7. The Bertz CT molecular complexity index is 929. The first-order chi connectivity index (χ1) is 11.9. The lowest BCUT2D eigenvalue weighted by Gasteiger charge is -2.07. The standard InChI is InChI=1S/C17H13F3N4O/c1-2-14(25)22-10-13-16-21-8-3-9-24(16)15(23-13)11-4-6-12(7-5-11)17(18,19)20/h2-9H,1,10H2,(H,22,25). The third-order valence-corrected chi connectivity index (χ3v) is 3.56. The largest absolute Gasteiger partial charge is 0.416 e. The summed E-state index contributed by atoms with van der Waals surface area (Å²) in [5.74, 6) is 0.0906. The fraction of sp³-hybridized carbons (Fsp3) is 0.118. The minimum absolute atomic E-state index is 0.131. The Morgan fingerprint density at radius 3 is 2.64 bits per heavy atom. The maximum Gasteiger partial charge on any atom is 0.416 e. The van der Waals surface area contributed by atoms with Crippen molar-refractivity contribution in [3.8, 4) is 11.4 Å². The SMILES string of the molecule is C=CC(=O)NCc1nc(-c2ccc(C(F)(F)F)cc2)n2cccnc12. The zero-order valence-corrected chi connectivity index (χ0v) is 12.9. The zero-order valence-electron chi connectivity index (χ0n) is 12.9. The van der Waals surface area contributed by atoms with Crippen LogP contribution in [0.4, 0.5) is 13.2 Å². The van der Waals surface area contributed by atoms with E-state index < -0.39 is 11.7 Å². The van der Waals surface area contributed by atoms with Crippen molar-refractivity contribution < 1.29 is 18.0 Å². The van der Waals surface area contributed by atoms with Crippen LogP contribution in [0, 0.1) is 0 Å². The van der Waals surface area contributed by atoms with Crippen LogP contribution in [0.1, 0.15) is 11.3 Å². The van der Waals surface area contributed by atoms with Crippen LogP contribution in [-0.2, 0) is 17.5 Å². The van der Waals surface area contributed by atoms with Gasteiger partial charge in [0.25, 0.3) is 0 Å². The molecule has 0 atom stereocenters. The molecule has 0 bridgehead atoms. The number of nitrogens with one attached hydrogen (secondary N) is 1. The molecule has 1 aromatic carbocycles. The molecule has 0 aliphatic carbocycles. The summed E-state index contributed by atoms with van der Waals surface area (Å²) in [6, 6.07) is 6.42. The van der Waals surface area contributed by atoms with Crippen LogP contribution in [0.3, 0.4) is 0 Å². The number of hydrogen-bond acceptors (Lipinski definition) is 3. The van der Waals surface area contributed by atoms with E-state index in [1.54, 1.807) is 22.9 Å². The van der Waals surface area contributed by atoms with E-state index in [4.69, 9.17) is 0 Å². The molecule has 3 aromatic rings. The second-order valence-corrected chi connectivity index (χ2v) is 5.19. The third-order valence-electron chi connectivity index (χ3n) is 3.56. The fourth-order valence-corrected chi connectivity index (χ4v) is 2.36. The van der Waals surface area contributed by atoms with Crippen molar-refractivity contribution in [3.63, 3.8) is 0 Å². The molecule has 3 rings (SSSR count). The molecular formula is C17H13F3N4O. The van der Waals surface area contributed by atoms with Gasteiger partial charge in [-0.3, -0.25) is 9.20 Å². The molecule has 25 heavy (non-hydrogen) atoms. The topological polar surface area (TPSA) is 59.3 Å². The first-order valence-electron chi connectivity index (χ1n) is 7.30. The number of hydrogen-bond donors (Lipinski definition) is 1. The minimum Gasteiger partial charge on any atom is -0.347 e. The highest BCUT2D eigenvalue weighted by Gasteiger charge is 2.30. The molecule has 8 heteroatoms. The van der Waals surface area contributed by atoms with Gasteiger partial charge in [-0.05, 0) is 24.3 Å². The molecule has 2 aromatic heterocycles. The van der Waals surface area contributed by atoms with Crippen LogP contribution in [-0.4, -0.2) is 20.3 Å². The van der Waals surface area contributed by atoms with E-state index in [0.29, 0.717) is 22.7 Å². The van der Waals surface area contributed by atoms with Gasteiger partial charge in [0.2, 0.25) is 5.91 Å². The van der Waals surface area contributed by atoms with Gasteiger partial charge in [0.15, 0.2) is 5.65 Å².